The van der Waals surface area contributed by atoms with Gasteiger partial charge in [-0.15, -0.1) is 0 Å². The first-order valence-corrected chi connectivity index (χ1v) is 9.35. The highest BCUT2D eigenvalue weighted by atomic mass is 16.5. The number of hydrogen-bond acceptors (Lipinski definition) is 2. The topological polar surface area (TPSA) is 21.3 Å². The third kappa shape index (κ3) is 3.82. The molecule has 2 nitrogen and oxygen atoms in total. The maximum Gasteiger partial charge on any atom is 0.0972 e. The zero-order chi connectivity index (χ0) is 14.9. The van der Waals surface area contributed by atoms with Crippen molar-refractivity contribution in [2.75, 3.05) is 13.3 Å². The normalized spacial score (nSPS) is 38.1. The summed E-state index contributed by atoms with van der Waals surface area (Å²) in [6, 6.07) is 0. The number of hydrogen-bond donors (Lipinski definition) is 1. The van der Waals surface area contributed by atoms with Gasteiger partial charge in [0.1, 0.15) is 0 Å². The predicted octanol–water partition coefficient (Wildman–Crippen LogP) is 4.74. The van der Waals surface area contributed by atoms with Gasteiger partial charge in [-0.25, -0.2) is 0 Å². The third-order valence-corrected chi connectivity index (χ3v) is 6.63. The van der Waals surface area contributed by atoms with Crippen LogP contribution >= 0.6 is 0 Å². The van der Waals surface area contributed by atoms with Gasteiger partial charge in [-0.3, -0.25) is 5.32 Å². The average molecular weight is 293 g/mol. The molecule has 0 amide bonds. The molecule has 21 heavy (non-hydrogen) atoms. The van der Waals surface area contributed by atoms with Gasteiger partial charge in [0.2, 0.25) is 0 Å². The van der Waals surface area contributed by atoms with E-state index in [0.29, 0.717) is 5.41 Å². The molecule has 4 bridgehead atoms. The zero-order valence-electron chi connectivity index (χ0n) is 14.4. The largest absolute Gasteiger partial charge is 0.360 e. The fourth-order valence-electron chi connectivity index (χ4n) is 5.35. The van der Waals surface area contributed by atoms with Crippen LogP contribution in [0, 0.1) is 23.2 Å². The van der Waals surface area contributed by atoms with Gasteiger partial charge in [0, 0.05) is 0 Å². The SMILES string of the molecule is CCC(C)(C)CCCNCOC12CC3CC(CC(C3)C1)C2. The fraction of sp³-hybridized carbons (Fsp3) is 1.00. The van der Waals surface area contributed by atoms with Crippen molar-refractivity contribution in [2.45, 2.75) is 84.2 Å². The van der Waals surface area contributed by atoms with E-state index in [4.69, 9.17) is 4.74 Å². The van der Waals surface area contributed by atoms with Crippen molar-refractivity contribution in [3.8, 4) is 0 Å². The van der Waals surface area contributed by atoms with Crippen LogP contribution in [0.25, 0.3) is 0 Å². The number of ether oxygens (including phenoxy) is 1. The molecule has 0 aromatic carbocycles. The molecule has 4 aliphatic rings. The monoisotopic (exact) mass is 293 g/mol. The Morgan fingerprint density at radius 3 is 2.14 bits per heavy atom. The van der Waals surface area contributed by atoms with Crippen molar-refractivity contribution in [1.82, 2.24) is 5.32 Å². The van der Waals surface area contributed by atoms with E-state index in [0.717, 1.165) is 31.0 Å². The summed E-state index contributed by atoms with van der Waals surface area (Å²) in [6.45, 7) is 8.93. The highest BCUT2D eigenvalue weighted by Crippen LogP contribution is 2.56. The van der Waals surface area contributed by atoms with Crippen molar-refractivity contribution in [3.63, 3.8) is 0 Å². The van der Waals surface area contributed by atoms with Crippen molar-refractivity contribution >= 4 is 0 Å². The van der Waals surface area contributed by atoms with Crippen LogP contribution in [-0.4, -0.2) is 18.9 Å². The molecule has 0 aromatic heterocycles. The second-order valence-electron chi connectivity index (χ2n) is 9.01. The Morgan fingerprint density at radius 2 is 1.62 bits per heavy atom. The fourth-order valence-corrected chi connectivity index (χ4v) is 5.35. The predicted molar refractivity (Wildman–Crippen MR) is 88.2 cm³/mol. The van der Waals surface area contributed by atoms with E-state index in [1.165, 1.54) is 57.8 Å². The molecule has 0 radical (unpaired) electrons. The quantitative estimate of drug-likeness (QED) is 0.516. The average Bonchev–Trinajstić information content (AvgIpc) is 2.41. The molecule has 4 saturated carbocycles. The minimum Gasteiger partial charge on any atom is -0.360 e. The minimum absolute atomic E-state index is 0.268. The summed E-state index contributed by atoms with van der Waals surface area (Å²) in [4.78, 5) is 0. The third-order valence-electron chi connectivity index (χ3n) is 6.63. The van der Waals surface area contributed by atoms with Crippen LogP contribution in [0.2, 0.25) is 0 Å². The zero-order valence-corrected chi connectivity index (χ0v) is 14.4. The molecule has 0 aromatic rings. The molecule has 1 N–H and O–H groups in total. The molecule has 4 rings (SSSR count). The molecule has 0 unspecified atom stereocenters. The molecule has 4 fully saturated rings. The molecule has 0 spiro atoms. The molecule has 0 atom stereocenters. The molecule has 0 saturated heterocycles. The summed E-state index contributed by atoms with van der Waals surface area (Å²) in [7, 11) is 0. The van der Waals surface area contributed by atoms with Gasteiger partial charge in [-0.05, 0) is 81.1 Å². The highest BCUT2D eigenvalue weighted by molar-refractivity contribution is 5.03. The first kappa shape index (κ1) is 15.8. The van der Waals surface area contributed by atoms with Crippen LogP contribution in [0.15, 0.2) is 0 Å². The van der Waals surface area contributed by atoms with Gasteiger partial charge in [0.15, 0.2) is 0 Å². The van der Waals surface area contributed by atoms with Gasteiger partial charge in [0.05, 0.1) is 12.3 Å². The Morgan fingerprint density at radius 1 is 1.05 bits per heavy atom. The van der Waals surface area contributed by atoms with Crippen LogP contribution in [0.3, 0.4) is 0 Å². The first-order valence-electron chi connectivity index (χ1n) is 9.35. The molecular weight excluding hydrogens is 258 g/mol. The first-order chi connectivity index (χ1) is 10.0. The summed E-state index contributed by atoms with van der Waals surface area (Å²) in [6.07, 6.45) is 12.4. The van der Waals surface area contributed by atoms with Crippen LogP contribution < -0.4 is 5.32 Å². The minimum atomic E-state index is 0.268. The lowest BCUT2D eigenvalue weighted by molar-refractivity contribution is -0.166. The van der Waals surface area contributed by atoms with Gasteiger partial charge in [0.25, 0.3) is 0 Å². The number of rotatable bonds is 8. The van der Waals surface area contributed by atoms with Gasteiger partial charge in [-0.1, -0.05) is 27.2 Å². The van der Waals surface area contributed by atoms with E-state index in [9.17, 15) is 0 Å². The van der Waals surface area contributed by atoms with Crippen LogP contribution in [0.5, 0.6) is 0 Å². The van der Waals surface area contributed by atoms with Crippen LogP contribution in [-0.2, 0) is 4.74 Å². The lowest BCUT2D eigenvalue weighted by Crippen LogP contribution is -2.52. The van der Waals surface area contributed by atoms with Crippen LogP contribution in [0.1, 0.15) is 78.6 Å². The molecule has 2 heteroatoms. The Balaban J connectivity index is 1.35. The van der Waals surface area contributed by atoms with E-state index in [1.54, 1.807) is 0 Å². The second kappa shape index (κ2) is 6.20. The Labute approximate surface area is 131 Å². The van der Waals surface area contributed by atoms with Gasteiger partial charge in [-0.2, -0.15) is 0 Å². The van der Waals surface area contributed by atoms with Crippen molar-refractivity contribution in [2.24, 2.45) is 23.2 Å². The second-order valence-corrected chi connectivity index (χ2v) is 9.01. The molecule has 0 aliphatic heterocycles. The summed E-state index contributed by atoms with van der Waals surface area (Å²) < 4.78 is 6.39. The lowest BCUT2D eigenvalue weighted by atomic mass is 9.54. The summed E-state index contributed by atoms with van der Waals surface area (Å²) >= 11 is 0. The van der Waals surface area contributed by atoms with Crippen molar-refractivity contribution < 1.29 is 4.74 Å². The number of nitrogens with one attached hydrogen (secondary N) is 1. The van der Waals surface area contributed by atoms with E-state index < -0.39 is 0 Å². The standard InChI is InChI=1S/C19H35NO/c1-4-18(2,3)6-5-7-20-14-21-19-11-15-8-16(12-19)10-17(9-15)13-19/h15-17,20H,4-14H2,1-3H3. The summed E-state index contributed by atoms with van der Waals surface area (Å²) in [5.74, 6) is 2.96. The lowest BCUT2D eigenvalue weighted by Gasteiger charge is -2.56. The maximum atomic E-state index is 6.39. The Kier molecular flexibility index (Phi) is 4.66. The van der Waals surface area contributed by atoms with E-state index in [1.807, 2.05) is 0 Å². The Bertz CT molecular complexity index is 314. The van der Waals surface area contributed by atoms with E-state index >= 15 is 0 Å². The van der Waals surface area contributed by atoms with E-state index in [-0.39, 0.29) is 5.60 Å². The molecule has 122 valence electrons. The molecule has 4 aliphatic carbocycles. The Hall–Kier alpha value is -0.0800. The van der Waals surface area contributed by atoms with Crippen molar-refractivity contribution in [3.05, 3.63) is 0 Å². The smallest absolute Gasteiger partial charge is 0.0972 e. The van der Waals surface area contributed by atoms with Gasteiger partial charge < -0.3 is 4.74 Å². The molecule has 0 heterocycles. The summed E-state index contributed by atoms with van der Waals surface area (Å²) in [5, 5.41) is 3.53. The van der Waals surface area contributed by atoms with E-state index in [2.05, 4.69) is 26.1 Å². The maximum absolute atomic E-state index is 6.39. The van der Waals surface area contributed by atoms with Gasteiger partial charge >= 0.3 is 0 Å². The van der Waals surface area contributed by atoms with Crippen molar-refractivity contribution in [1.29, 1.82) is 0 Å². The van der Waals surface area contributed by atoms with Crippen LogP contribution in [0.4, 0.5) is 0 Å². The highest BCUT2D eigenvalue weighted by Gasteiger charge is 2.51. The summed E-state index contributed by atoms with van der Waals surface area (Å²) in [5.41, 5.74) is 0.771. The molecular formula is C19H35NO.